The molecule has 0 aliphatic carbocycles. The number of para-hydroxylation sites is 1. The molecule has 3 aromatic carbocycles. The van der Waals surface area contributed by atoms with E-state index in [4.69, 9.17) is 28.3 Å². The van der Waals surface area contributed by atoms with Gasteiger partial charge in [-0.15, -0.1) is 10.2 Å². The molecular formula is C25H16Cl2N8O2. The number of nitrogens with one attached hydrogen (secondary N) is 1. The average Bonchev–Trinajstić information content (AvgIpc) is 3.26. The summed E-state index contributed by atoms with van der Waals surface area (Å²) in [5.41, 5.74) is 2.44. The van der Waals surface area contributed by atoms with E-state index in [1.54, 1.807) is 22.9 Å². The number of carboxylic acids is 1. The predicted molar refractivity (Wildman–Crippen MR) is 140 cm³/mol. The molecule has 0 fully saturated rings. The number of azo groups is 1. The zero-order chi connectivity index (χ0) is 25.8. The lowest BCUT2D eigenvalue weighted by Gasteiger charge is -2.09. The molecule has 0 bridgehead atoms. The predicted octanol–water partition coefficient (Wildman–Crippen LogP) is 6.89. The van der Waals surface area contributed by atoms with E-state index in [1.807, 2.05) is 60.7 Å². The zero-order valence-electron chi connectivity index (χ0n) is 18.8. The van der Waals surface area contributed by atoms with Crippen LogP contribution in [0, 0.1) is 0 Å². The third kappa shape index (κ3) is 5.30. The molecule has 0 spiro atoms. The Bertz CT molecular complexity index is 1590. The Morgan fingerprint density at radius 2 is 1.43 bits per heavy atom. The lowest BCUT2D eigenvalue weighted by atomic mass is 10.1. The molecule has 0 aliphatic heterocycles. The molecule has 0 unspecified atom stereocenters. The molecule has 12 heteroatoms. The molecule has 0 saturated carbocycles. The van der Waals surface area contributed by atoms with Crippen molar-refractivity contribution in [1.29, 1.82) is 0 Å². The Labute approximate surface area is 220 Å². The summed E-state index contributed by atoms with van der Waals surface area (Å²) in [5.74, 6) is -0.713. The third-order valence-electron chi connectivity index (χ3n) is 5.11. The summed E-state index contributed by atoms with van der Waals surface area (Å²) in [6, 6.07) is 25.0. The summed E-state index contributed by atoms with van der Waals surface area (Å²) in [5, 5.41) is 26.0. The van der Waals surface area contributed by atoms with Crippen LogP contribution in [0.25, 0.3) is 16.9 Å². The van der Waals surface area contributed by atoms with Gasteiger partial charge in [0.05, 0.1) is 11.3 Å². The van der Waals surface area contributed by atoms with Gasteiger partial charge >= 0.3 is 5.97 Å². The highest BCUT2D eigenvalue weighted by atomic mass is 35.5. The standard InChI is InChI=1S/C25H16Cl2N8O2/c26-23-29-24(27)31-25(30-23)28-21-20(33-32-18-14-8-7-13-17(18)22(36)37)19(15-9-3-1-4-10-15)34-35(21)16-11-5-2-6-12-16/h1-14H,(H,36,37)(H,28,29,30,31). The summed E-state index contributed by atoms with van der Waals surface area (Å²) in [6.45, 7) is 0. The Morgan fingerprint density at radius 1 is 0.811 bits per heavy atom. The fourth-order valence-corrected chi connectivity index (χ4v) is 3.86. The molecule has 37 heavy (non-hydrogen) atoms. The molecule has 2 N–H and O–H groups in total. The summed E-state index contributed by atoms with van der Waals surface area (Å²) < 4.78 is 1.62. The molecule has 5 rings (SSSR count). The minimum absolute atomic E-state index is 0.00787. The number of aromatic nitrogens is 5. The van der Waals surface area contributed by atoms with Gasteiger partial charge in [0.25, 0.3) is 0 Å². The van der Waals surface area contributed by atoms with Crippen molar-refractivity contribution in [3.8, 4) is 16.9 Å². The minimum Gasteiger partial charge on any atom is -0.478 e. The molecule has 10 nitrogen and oxygen atoms in total. The molecule has 5 aromatic rings. The van der Waals surface area contributed by atoms with E-state index in [0.29, 0.717) is 22.9 Å². The highest BCUT2D eigenvalue weighted by Gasteiger charge is 2.22. The van der Waals surface area contributed by atoms with Gasteiger partial charge in [0, 0.05) is 5.56 Å². The second-order valence-electron chi connectivity index (χ2n) is 7.50. The molecule has 2 aromatic heterocycles. The van der Waals surface area contributed by atoms with Gasteiger partial charge in [0.15, 0.2) is 11.5 Å². The van der Waals surface area contributed by atoms with E-state index in [0.717, 1.165) is 5.56 Å². The van der Waals surface area contributed by atoms with Gasteiger partial charge in [-0.1, -0.05) is 60.7 Å². The van der Waals surface area contributed by atoms with Crippen LogP contribution in [0.5, 0.6) is 0 Å². The zero-order valence-corrected chi connectivity index (χ0v) is 20.3. The first kappa shape index (κ1) is 24.0. The van der Waals surface area contributed by atoms with Crippen LogP contribution in [-0.4, -0.2) is 35.8 Å². The molecular weight excluding hydrogens is 515 g/mol. The van der Waals surface area contributed by atoms with Crippen molar-refractivity contribution in [2.75, 3.05) is 5.32 Å². The van der Waals surface area contributed by atoms with Crippen molar-refractivity contribution in [2.45, 2.75) is 0 Å². The largest absolute Gasteiger partial charge is 0.478 e. The smallest absolute Gasteiger partial charge is 0.337 e. The van der Waals surface area contributed by atoms with Crippen molar-refractivity contribution in [2.24, 2.45) is 10.2 Å². The topological polar surface area (TPSA) is 131 Å². The van der Waals surface area contributed by atoms with E-state index in [1.165, 1.54) is 6.07 Å². The van der Waals surface area contributed by atoms with Gasteiger partial charge in [-0.25, -0.2) is 9.48 Å². The number of benzene rings is 3. The van der Waals surface area contributed by atoms with Crippen LogP contribution in [-0.2, 0) is 0 Å². The number of hydrogen-bond donors (Lipinski definition) is 2. The maximum atomic E-state index is 11.7. The van der Waals surface area contributed by atoms with Crippen LogP contribution in [0.3, 0.4) is 0 Å². The maximum Gasteiger partial charge on any atom is 0.337 e. The van der Waals surface area contributed by atoms with Crippen LogP contribution >= 0.6 is 23.2 Å². The van der Waals surface area contributed by atoms with E-state index in [2.05, 4.69) is 30.5 Å². The van der Waals surface area contributed by atoms with Gasteiger partial charge in [0.1, 0.15) is 11.4 Å². The second kappa shape index (κ2) is 10.5. The van der Waals surface area contributed by atoms with Gasteiger partial charge in [-0.05, 0) is 47.5 Å². The van der Waals surface area contributed by atoms with Crippen LogP contribution in [0.2, 0.25) is 10.6 Å². The number of nitrogens with zero attached hydrogens (tertiary/aromatic N) is 7. The Hall–Kier alpha value is -4.67. The third-order valence-corrected chi connectivity index (χ3v) is 5.45. The first-order valence-electron chi connectivity index (χ1n) is 10.8. The van der Waals surface area contributed by atoms with Crippen molar-refractivity contribution >= 4 is 52.3 Å². The summed E-state index contributed by atoms with van der Waals surface area (Å²) in [6.07, 6.45) is 0. The second-order valence-corrected chi connectivity index (χ2v) is 8.18. The number of anilines is 2. The monoisotopic (exact) mass is 530 g/mol. The summed E-state index contributed by atoms with van der Waals surface area (Å²) >= 11 is 12.0. The molecule has 0 amide bonds. The molecule has 2 heterocycles. The Balaban J connectivity index is 1.74. The summed E-state index contributed by atoms with van der Waals surface area (Å²) in [7, 11) is 0. The lowest BCUT2D eigenvalue weighted by molar-refractivity contribution is 0.0697. The van der Waals surface area contributed by atoms with Crippen LogP contribution in [0.1, 0.15) is 10.4 Å². The van der Waals surface area contributed by atoms with Crippen LogP contribution in [0.15, 0.2) is 95.2 Å². The normalized spacial score (nSPS) is 11.1. The van der Waals surface area contributed by atoms with Crippen LogP contribution in [0.4, 0.5) is 23.1 Å². The SMILES string of the molecule is O=C(O)c1ccccc1N=Nc1c(-c2ccccc2)nn(-c2ccccc2)c1Nc1nc(Cl)nc(Cl)n1. The first-order valence-corrected chi connectivity index (χ1v) is 11.6. The summed E-state index contributed by atoms with van der Waals surface area (Å²) in [4.78, 5) is 23.7. The average molecular weight is 531 g/mol. The molecule has 0 atom stereocenters. The number of halogens is 2. The lowest BCUT2D eigenvalue weighted by Crippen LogP contribution is -2.05. The minimum atomic E-state index is -1.12. The molecule has 0 aliphatic rings. The van der Waals surface area contributed by atoms with E-state index in [9.17, 15) is 9.90 Å². The van der Waals surface area contributed by atoms with E-state index in [-0.39, 0.29) is 27.8 Å². The Kier molecular flexibility index (Phi) is 6.84. The van der Waals surface area contributed by atoms with Gasteiger partial charge in [-0.3, -0.25) is 0 Å². The number of carbonyl (C=O) groups is 1. The fraction of sp³-hybridized carbons (Fsp3) is 0. The number of aromatic carboxylic acids is 1. The van der Waals surface area contributed by atoms with Crippen molar-refractivity contribution in [3.05, 3.63) is 101 Å². The van der Waals surface area contributed by atoms with Gasteiger partial charge < -0.3 is 10.4 Å². The fourth-order valence-electron chi connectivity index (χ4n) is 3.50. The number of carboxylic acid groups (broad SMARTS) is 1. The Morgan fingerprint density at radius 3 is 2.11 bits per heavy atom. The van der Waals surface area contributed by atoms with Crippen molar-refractivity contribution < 1.29 is 9.90 Å². The molecule has 0 radical (unpaired) electrons. The van der Waals surface area contributed by atoms with E-state index < -0.39 is 5.97 Å². The van der Waals surface area contributed by atoms with E-state index >= 15 is 0 Å². The highest BCUT2D eigenvalue weighted by molar-refractivity contribution is 6.31. The quantitative estimate of drug-likeness (QED) is 0.219. The van der Waals surface area contributed by atoms with Crippen molar-refractivity contribution in [3.63, 3.8) is 0 Å². The van der Waals surface area contributed by atoms with Gasteiger partial charge in [-0.2, -0.15) is 20.1 Å². The van der Waals surface area contributed by atoms with Crippen LogP contribution < -0.4 is 5.32 Å². The maximum absolute atomic E-state index is 11.7. The molecule has 182 valence electrons. The first-order chi connectivity index (χ1) is 18.0. The number of hydrogen-bond acceptors (Lipinski definition) is 8. The van der Waals surface area contributed by atoms with Gasteiger partial charge in [0.2, 0.25) is 16.5 Å². The molecule has 0 saturated heterocycles. The number of rotatable bonds is 7. The highest BCUT2D eigenvalue weighted by Crippen LogP contribution is 2.40. The van der Waals surface area contributed by atoms with Crippen molar-refractivity contribution in [1.82, 2.24) is 24.7 Å².